The lowest BCUT2D eigenvalue weighted by atomic mass is 10.1. The molecule has 1 amide bonds. The van der Waals surface area contributed by atoms with Crippen molar-refractivity contribution in [2.75, 3.05) is 19.0 Å². The van der Waals surface area contributed by atoms with Gasteiger partial charge < -0.3 is 15.4 Å². The van der Waals surface area contributed by atoms with Crippen LogP contribution < -0.4 is 15.4 Å². The lowest BCUT2D eigenvalue weighted by molar-refractivity contribution is 0.0954. The molecule has 0 unspecified atom stereocenters. The number of amides is 1. The number of methoxy groups -OCH3 is 1. The largest absolute Gasteiger partial charge is 0.495 e. The number of hydrogen-bond donors (Lipinski definition) is 2. The summed E-state index contributed by atoms with van der Waals surface area (Å²) in [5.41, 5.74) is 3.67. The van der Waals surface area contributed by atoms with Crippen LogP contribution in [0.25, 0.3) is 0 Å². The zero-order chi connectivity index (χ0) is 19.1. The predicted octanol–water partition coefficient (Wildman–Crippen LogP) is 4.11. The van der Waals surface area contributed by atoms with Crippen molar-refractivity contribution in [2.45, 2.75) is 13.3 Å². The van der Waals surface area contributed by atoms with Gasteiger partial charge in [-0.1, -0.05) is 36.4 Å². The van der Waals surface area contributed by atoms with Gasteiger partial charge in [-0.15, -0.1) is 0 Å². The summed E-state index contributed by atoms with van der Waals surface area (Å²) in [5, 5.41) is 6.18. The van der Waals surface area contributed by atoms with Crippen LogP contribution in [-0.4, -0.2) is 24.5 Å². The van der Waals surface area contributed by atoms with Crippen molar-refractivity contribution in [3.8, 4) is 5.75 Å². The van der Waals surface area contributed by atoms with Gasteiger partial charge in [0.1, 0.15) is 11.6 Å². The monoisotopic (exact) mass is 361 g/mol. The number of rotatable bonds is 7. The van der Waals surface area contributed by atoms with E-state index >= 15 is 0 Å². The molecule has 0 spiro atoms. The quantitative estimate of drug-likeness (QED) is 0.665. The standard InChI is InChI=1S/C22H23N3O2/c1-16-8-9-20(27-2)19(14-16)25-21-15-18(11-13-23-21)22(26)24-12-10-17-6-4-3-5-7-17/h3-9,11,13-15H,10,12H2,1-2H3,(H,23,25)(H,24,26). The van der Waals surface area contributed by atoms with Crippen LogP contribution in [0.2, 0.25) is 0 Å². The normalized spacial score (nSPS) is 10.3. The Morgan fingerprint density at radius 1 is 1.07 bits per heavy atom. The molecule has 5 nitrogen and oxygen atoms in total. The van der Waals surface area contributed by atoms with Gasteiger partial charge >= 0.3 is 0 Å². The van der Waals surface area contributed by atoms with Crippen LogP contribution in [0.3, 0.4) is 0 Å². The molecule has 0 radical (unpaired) electrons. The fourth-order valence-electron chi connectivity index (χ4n) is 2.76. The maximum atomic E-state index is 12.4. The van der Waals surface area contributed by atoms with Crippen LogP contribution in [0.5, 0.6) is 5.75 Å². The molecule has 138 valence electrons. The number of nitrogens with one attached hydrogen (secondary N) is 2. The molecule has 0 aliphatic rings. The van der Waals surface area contributed by atoms with Gasteiger partial charge in [0, 0.05) is 18.3 Å². The van der Waals surface area contributed by atoms with Crippen molar-refractivity contribution < 1.29 is 9.53 Å². The molecule has 5 heteroatoms. The molecule has 3 rings (SSSR count). The predicted molar refractivity (Wildman–Crippen MR) is 108 cm³/mol. The number of anilines is 2. The minimum Gasteiger partial charge on any atom is -0.495 e. The molecule has 2 N–H and O–H groups in total. The number of nitrogens with zero attached hydrogens (tertiary/aromatic N) is 1. The van der Waals surface area contributed by atoms with E-state index in [-0.39, 0.29) is 5.91 Å². The number of carbonyl (C=O) groups excluding carboxylic acids is 1. The highest BCUT2D eigenvalue weighted by atomic mass is 16.5. The van der Waals surface area contributed by atoms with Crippen molar-refractivity contribution >= 4 is 17.4 Å². The molecular weight excluding hydrogens is 338 g/mol. The van der Waals surface area contributed by atoms with Crippen molar-refractivity contribution in [3.05, 3.63) is 83.6 Å². The first-order valence-electron chi connectivity index (χ1n) is 8.85. The number of ether oxygens (including phenoxy) is 1. The number of aryl methyl sites for hydroxylation is 1. The van der Waals surface area contributed by atoms with Crippen molar-refractivity contribution in [1.29, 1.82) is 0 Å². The SMILES string of the molecule is COc1ccc(C)cc1Nc1cc(C(=O)NCCc2ccccc2)ccn1. The van der Waals surface area contributed by atoms with Crippen LogP contribution in [0.1, 0.15) is 21.5 Å². The van der Waals surface area contributed by atoms with Gasteiger partial charge in [0.05, 0.1) is 12.8 Å². The zero-order valence-electron chi connectivity index (χ0n) is 15.5. The smallest absolute Gasteiger partial charge is 0.251 e. The Morgan fingerprint density at radius 3 is 2.67 bits per heavy atom. The van der Waals surface area contributed by atoms with E-state index in [1.165, 1.54) is 5.56 Å². The first kappa shape index (κ1) is 18.5. The second-order valence-corrected chi connectivity index (χ2v) is 6.25. The Balaban J connectivity index is 1.64. The molecule has 27 heavy (non-hydrogen) atoms. The van der Waals surface area contributed by atoms with Gasteiger partial charge in [-0.25, -0.2) is 4.98 Å². The summed E-state index contributed by atoms with van der Waals surface area (Å²) in [5.74, 6) is 1.20. The number of hydrogen-bond acceptors (Lipinski definition) is 4. The highest BCUT2D eigenvalue weighted by molar-refractivity contribution is 5.95. The van der Waals surface area contributed by atoms with E-state index in [0.29, 0.717) is 17.9 Å². The zero-order valence-corrected chi connectivity index (χ0v) is 15.5. The first-order valence-corrected chi connectivity index (χ1v) is 8.85. The molecule has 0 bridgehead atoms. The fraction of sp³-hybridized carbons (Fsp3) is 0.182. The van der Waals surface area contributed by atoms with Gasteiger partial charge in [-0.3, -0.25) is 4.79 Å². The summed E-state index contributed by atoms with van der Waals surface area (Å²) in [4.78, 5) is 16.7. The van der Waals surface area contributed by atoms with Gasteiger partial charge in [0.25, 0.3) is 5.91 Å². The number of aromatic nitrogens is 1. The summed E-state index contributed by atoms with van der Waals surface area (Å²) in [7, 11) is 1.62. The second kappa shape index (κ2) is 8.85. The van der Waals surface area contributed by atoms with Gasteiger partial charge in [0.15, 0.2) is 0 Å². The van der Waals surface area contributed by atoms with Crippen molar-refractivity contribution in [2.24, 2.45) is 0 Å². The van der Waals surface area contributed by atoms with Crippen molar-refractivity contribution in [1.82, 2.24) is 10.3 Å². The summed E-state index contributed by atoms with van der Waals surface area (Å²) in [6.07, 6.45) is 2.42. The Labute approximate surface area is 159 Å². The molecule has 0 fully saturated rings. The van der Waals surface area contributed by atoms with E-state index < -0.39 is 0 Å². The lowest BCUT2D eigenvalue weighted by Gasteiger charge is -2.12. The summed E-state index contributed by atoms with van der Waals surface area (Å²) >= 11 is 0. The molecule has 3 aromatic rings. The van der Waals surface area contributed by atoms with Crippen LogP contribution in [0.15, 0.2) is 66.9 Å². The Kier molecular flexibility index (Phi) is 6.05. The van der Waals surface area contributed by atoms with Gasteiger partial charge in [-0.2, -0.15) is 0 Å². The highest BCUT2D eigenvalue weighted by Gasteiger charge is 2.09. The molecule has 0 saturated carbocycles. The molecule has 0 aliphatic heterocycles. The molecule has 2 aromatic carbocycles. The molecule has 0 saturated heterocycles. The van der Waals surface area contributed by atoms with Crippen LogP contribution in [-0.2, 0) is 6.42 Å². The summed E-state index contributed by atoms with van der Waals surface area (Å²) in [6, 6.07) is 19.4. The maximum Gasteiger partial charge on any atom is 0.251 e. The third-order valence-corrected chi connectivity index (χ3v) is 4.18. The van der Waals surface area contributed by atoms with E-state index in [1.807, 2.05) is 43.3 Å². The van der Waals surface area contributed by atoms with E-state index in [9.17, 15) is 4.79 Å². The third-order valence-electron chi connectivity index (χ3n) is 4.18. The van der Waals surface area contributed by atoms with Crippen molar-refractivity contribution in [3.63, 3.8) is 0 Å². The minimum absolute atomic E-state index is 0.118. The number of pyridine rings is 1. The minimum atomic E-state index is -0.118. The maximum absolute atomic E-state index is 12.4. The van der Waals surface area contributed by atoms with Crippen LogP contribution in [0.4, 0.5) is 11.5 Å². The fourth-order valence-corrected chi connectivity index (χ4v) is 2.76. The summed E-state index contributed by atoms with van der Waals surface area (Å²) < 4.78 is 5.38. The van der Waals surface area contributed by atoms with Gasteiger partial charge in [-0.05, 0) is 48.7 Å². The summed E-state index contributed by atoms with van der Waals surface area (Å²) in [6.45, 7) is 2.59. The van der Waals surface area contributed by atoms with Crippen LogP contribution in [0, 0.1) is 6.92 Å². The van der Waals surface area contributed by atoms with Crippen LogP contribution >= 0.6 is 0 Å². The van der Waals surface area contributed by atoms with E-state index in [2.05, 4.69) is 27.8 Å². The molecule has 1 heterocycles. The molecule has 1 aromatic heterocycles. The van der Waals surface area contributed by atoms with E-state index in [1.54, 1.807) is 25.4 Å². The van der Waals surface area contributed by atoms with Gasteiger partial charge in [0.2, 0.25) is 0 Å². The topological polar surface area (TPSA) is 63.2 Å². The van der Waals surface area contributed by atoms with E-state index in [0.717, 1.165) is 23.4 Å². The number of benzene rings is 2. The third kappa shape index (κ3) is 5.07. The number of carbonyl (C=O) groups is 1. The van der Waals surface area contributed by atoms with E-state index in [4.69, 9.17) is 4.74 Å². The second-order valence-electron chi connectivity index (χ2n) is 6.25. The Bertz CT molecular complexity index is 910. The Hall–Kier alpha value is -3.34. The molecule has 0 aliphatic carbocycles. The highest BCUT2D eigenvalue weighted by Crippen LogP contribution is 2.28. The average molecular weight is 361 g/mol. The molecule has 0 atom stereocenters. The average Bonchev–Trinajstić information content (AvgIpc) is 2.69. The lowest BCUT2D eigenvalue weighted by Crippen LogP contribution is -2.25. The Morgan fingerprint density at radius 2 is 1.89 bits per heavy atom. The molecular formula is C22H23N3O2. The first-order chi connectivity index (χ1) is 13.2.